The summed E-state index contributed by atoms with van der Waals surface area (Å²) in [7, 11) is 0. The van der Waals surface area contributed by atoms with Gasteiger partial charge in [0.1, 0.15) is 5.75 Å². The molecular formula is C22H24ClN3O2S. The summed E-state index contributed by atoms with van der Waals surface area (Å²) in [6.45, 7) is 6.85. The lowest BCUT2D eigenvalue weighted by Gasteiger charge is -2.35. The maximum atomic E-state index is 12.8. The number of amides is 1. The Kier molecular flexibility index (Phi) is 5.92. The molecule has 0 radical (unpaired) electrons. The highest BCUT2D eigenvalue weighted by Crippen LogP contribution is 2.30. The maximum absolute atomic E-state index is 12.8. The van der Waals surface area contributed by atoms with Gasteiger partial charge in [-0.05, 0) is 55.3 Å². The van der Waals surface area contributed by atoms with Crippen LogP contribution in [-0.2, 0) is 11.2 Å². The minimum Gasteiger partial charge on any atom is -0.481 e. The number of aromatic nitrogens is 1. The van der Waals surface area contributed by atoms with Crippen molar-refractivity contribution in [2.75, 3.05) is 31.1 Å². The van der Waals surface area contributed by atoms with Gasteiger partial charge in [-0.15, -0.1) is 0 Å². The van der Waals surface area contributed by atoms with Gasteiger partial charge in [-0.25, -0.2) is 4.98 Å². The number of nitrogens with zero attached hydrogens (tertiary/aromatic N) is 3. The average molecular weight is 430 g/mol. The van der Waals surface area contributed by atoms with E-state index < -0.39 is 6.10 Å². The van der Waals surface area contributed by atoms with E-state index in [1.165, 1.54) is 10.3 Å². The van der Waals surface area contributed by atoms with E-state index in [-0.39, 0.29) is 5.91 Å². The van der Waals surface area contributed by atoms with E-state index in [2.05, 4.69) is 30.0 Å². The van der Waals surface area contributed by atoms with Crippen LogP contribution < -0.4 is 9.64 Å². The molecule has 0 aliphatic carbocycles. The standard InChI is InChI=1S/C22H24ClN3O2S/c1-3-16-4-9-19-20(14-16)29-22(24-19)26-12-10-25(11-13-26)21(27)15(2)28-18-7-5-17(23)6-8-18/h4-9,14-15H,3,10-13H2,1-2H3. The largest absolute Gasteiger partial charge is 0.481 e. The number of hydrogen-bond acceptors (Lipinski definition) is 5. The van der Waals surface area contributed by atoms with Crippen LogP contribution in [0.25, 0.3) is 10.2 Å². The van der Waals surface area contributed by atoms with Crippen LogP contribution in [0.15, 0.2) is 42.5 Å². The second kappa shape index (κ2) is 8.59. The smallest absolute Gasteiger partial charge is 0.263 e. The molecule has 7 heteroatoms. The Morgan fingerprint density at radius 3 is 2.59 bits per heavy atom. The molecule has 1 aromatic heterocycles. The Bertz CT molecular complexity index is 997. The molecule has 152 valence electrons. The van der Waals surface area contributed by atoms with Crippen LogP contribution in [0.5, 0.6) is 5.75 Å². The minimum absolute atomic E-state index is 0.0106. The molecule has 0 N–H and O–H groups in total. The van der Waals surface area contributed by atoms with E-state index in [1.807, 2.05) is 4.90 Å². The van der Waals surface area contributed by atoms with Crippen LogP contribution in [0.2, 0.25) is 5.02 Å². The van der Waals surface area contributed by atoms with Crippen molar-refractivity contribution in [1.82, 2.24) is 9.88 Å². The normalized spacial score (nSPS) is 15.6. The molecule has 1 aliphatic rings. The Morgan fingerprint density at radius 1 is 1.17 bits per heavy atom. The number of rotatable bonds is 5. The second-order valence-corrected chi connectivity index (χ2v) is 8.62. The number of carbonyl (C=O) groups is 1. The third-order valence-corrected chi connectivity index (χ3v) is 6.52. The van der Waals surface area contributed by atoms with Crippen molar-refractivity contribution in [3.63, 3.8) is 0 Å². The maximum Gasteiger partial charge on any atom is 0.263 e. The van der Waals surface area contributed by atoms with E-state index in [4.69, 9.17) is 21.3 Å². The Morgan fingerprint density at radius 2 is 1.90 bits per heavy atom. The molecule has 5 nitrogen and oxygen atoms in total. The summed E-state index contributed by atoms with van der Waals surface area (Å²) in [6.07, 6.45) is 0.498. The van der Waals surface area contributed by atoms with Gasteiger partial charge in [-0.1, -0.05) is 35.9 Å². The summed E-state index contributed by atoms with van der Waals surface area (Å²) in [4.78, 5) is 21.7. The highest BCUT2D eigenvalue weighted by molar-refractivity contribution is 7.22. The number of aryl methyl sites for hydroxylation is 1. The van der Waals surface area contributed by atoms with Crippen molar-refractivity contribution in [1.29, 1.82) is 0 Å². The van der Waals surface area contributed by atoms with E-state index in [9.17, 15) is 4.79 Å². The van der Waals surface area contributed by atoms with Crippen LogP contribution in [0.1, 0.15) is 19.4 Å². The number of fused-ring (bicyclic) bond motifs is 1. The molecule has 3 aromatic rings. The minimum atomic E-state index is -0.530. The third kappa shape index (κ3) is 4.49. The number of thiazole rings is 1. The Balaban J connectivity index is 1.36. The number of ether oxygens (including phenoxy) is 1. The molecule has 1 saturated heterocycles. The predicted octanol–water partition coefficient (Wildman–Crippen LogP) is 4.63. The first-order valence-corrected chi connectivity index (χ1v) is 11.1. The zero-order valence-electron chi connectivity index (χ0n) is 16.6. The van der Waals surface area contributed by atoms with Crippen LogP contribution in [-0.4, -0.2) is 48.1 Å². The fraction of sp³-hybridized carbons (Fsp3) is 0.364. The van der Waals surface area contributed by atoms with Crippen molar-refractivity contribution in [2.45, 2.75) is 26.4 Å². The summed E-state index contributed by atoms with van der Waals surface area (Å²) in [5, 5.41) is 1.68. The number of anilines is 1. The van der Waals surface area contributed by atoms with Gasteiger partial charge in [0.15, 0.2) is 11.2 Å². The van der Waals surface area contributed by atoms with Gasteiger partial charge < -0.3 is 14.5 Å². The molecule has 4 rings (SSSR count). The average Bonchev–Trinajstić information content (AvgIpc) is 3.18. The molecule has 1 atom stereocenters. The summed E-state index contributed by atoms with van der Waals surface area (Å²) < 4.78 is 7.01. The molecule has 1 amide bonds. The first kappa shape index (κ1) is 20.0. The number of carbonyl (C=O) groups excluding carboxylic acids is 1. The lowest BCUT2D eigenvalue weighted by atomic mass is 10.2. The van der Waals surface area contributed by atoms with E-state index in [0.717, 1.165) is 30.2 Å². The zero-order valence-corrected chi connectivity index (χ0v) is 18.2. The SMILES string of the molecule is CCc1ccc2nc(N3CCN(C(=O)C(C)Oc4ccc(Cl)cc4)CC3)sc2c1. The number of piperazine rings is 1. The van der Waals surface area contributed by atoms with Crippen LogP contribution >= 0.6 is 22.9 Å². The highest BCUT2D eigenvalue weighted by atomic mass is 35.5. The topological polar surface area (TPSA) is 45.7 Å². The molecule has 0 bridgehead atoms. The molecule has 1 fully saturated rings. The van der Waals surface area contributed by atoms with Crippen LogP contribution in [0.4, 0.5) is 5.13 Å². The monoisotopic (exact) mass is 429 g/mol. The van der Waals surface area contributed by atoms with Crippen molar-refractivity contribution >= 4 is 44.2 Å². The summed E-state index contributed by atoms with van der Waals surface area (Å²) in [6, 6.07) is 13.5. The van der Waals surface area contributed by atoms with Crippen molar-refractivity contribution in [2.24, 2.45) is 0 Å². The lowest BCUT2D eigenvalue weighted by Crippen LogP contribution is -2.52. The fourth-order valence-corrected chi connectivity index (χ4v) is 4.66. The van der Waals surface area contributed by atoms with Crippen molar-refractivity contribution in [3.8, 4) is 5.75 Å². The molecule has 0 saturated carbocycles. The molecular weight excluding hydrogens is 406 g/mol. The quantitative estimate of drug-likeness (QED) is 0.593. The van der Waals surface area contributed by atoms with Gasteiger partial charge >= 0.3 is 0 Å². The first-order chi connectivity index (χ1) is 14.0. The summed E-state index contributed by atoms with van der Waals surface area (Å²) >= 11 is 7.63. The molecule has 29 heavy (non-hydrogen) atoms. The summed E-state index contributed by atoms with van der Waals surface area (Å²) in [5.74, 6) is 0.659. The molecule has 0 spiro atoms. The van der Waals surface area contributed by atoms with Gasteiger partial charge in [0.05, 0.1) is 10.2 Å². The van der Waals surface area contributed by atoms with Gasteiger partial charge in [-0.2, -0.15) is 0 Å². The Labute approximate surface area is 179 Å². The van der Waals surface area contributed by atoms with Gasteiger partial charge in [-0.3, -0.25) is 4.79 Å². The summed E-state index contributed by atoms with van der Waals surface area (Å²) in [5.41, 5.74) is 2.38. The van der Waals surface area contributed by atoms with Crippen molar-refractivity contribution < 1.29 is 9.53 Å². The van der Waals surface area contributed by atoms with Gasteiger partial charge in [0, 0.05) is 31.2 Å². The third-order valence-electron chi connectivity index (χ3n) is 5.19. The number of benzene rings is 2. The van der Waals surface area contributed by atoms with Crippen LogP contribution in [0, 0.1) is 0 Å². The molecule has 1 aliphatic heterocycles. The van der Waals surface area contributed by atoms with E-state index in [1.54, 1.807) is 42.5 Å². The predicted molar refractivity (Wildman–Crippen MR) is 119 cm³/mol. The lowest BCUT2D eigenvalue weighted by molar-refractivity contribution is -0.138. The van der Waals surface area contributed by atoms with Gasteiger partial charge in [0.25, 0.3) is 5.91 Å². The number of hydrogen-bond donors (Lipinski definition) is 0. The molecule has 1 unspecified atom stereocenters. The van der Waals surface area contributed by atoms with Crippen molar-refractivity contribution in [3.05, 3.63) is 53.1 Å². The zero-order chi connectivity index (χ0) is 20.4. The molecule has 2 heterocycles. The van der Waals surface area contributed by atoms with E-state index >= 15 is 0 Å². The fourth-order valence-electron chi connectivity index (χ4n) is 3.45. The Hall–Kier alpha value is -2.31. The van der Waals surface area contributed by atoms with Gasteiger partial charge in [0.2, 0.25) is 0 Å². The van der Waals surface area contributed by atoms with Crippen LogP contribution in [0.3, 0.4) is 0 Å². The first-order valence-electron chi connectivity index (χ1n) is 9.89. The second-order valence-electron chi connectivity index (χ2n) is 7.18. The molecule has 2 aromatic carbocycles. The number of halogens is 1. The highest BCUT2D eigenvalue weighted by Gasteiger charge is 2.27. The van der Waals surface area contributed by atoms with E-state index in [0.29, 0.717) is 23.9 Å².